The first-order chi connectivity index (χ1) is 14.0. The van der Waals surface area contributed by atoms with Crippen molar-refractivity contribution in [2.24, 2.45) is 0 Å². The molecule has 0 aliphatic carbocycles. The second kappa shape index (κ2) is 6.00. The Morgan fingerprint density at radius 3 is 2.17 bits per heavy atom. The minimum absolute atomic E-state index is 0.0133. The molecule has 0 unspecified atom stereocenters. The number of imidazole rings is 1. The summed E-state index contributed by atoms with van der Waals surface area (Å²) < 4.78 is 11.1. The third kappa shape index (κ3) is 2.24. The average Bonchev–Trinajstić information content (AvgIpc) is 3.14. The molecule has 2 aromatic heterocycles. The molecular weight excluding hydrogens is 372 g/mol. The zero-order valence-corrected chi connectivity index (χ0v) is 15.6. The topological polar surface area (TPSA) is 87.0 Å². The molecule has 0 amide bonds. The summed E-state index contributed by atoms with van der Waals surface area (Å²) >= 11 is 0. The number of methoxy groups -OCH3 is 2. The van der Waals surface area contributed by atoms with Gasteiger partial charge in [0.05, 0.1) is 36.4 Å². The fraction of sp³-hybridized carbons (Fsp3) is 0.0909. The van der Waals surface area contributed by atoms with Gasteiger partial charge in [0.25, 0.3) is 5.56 Å². The molecule has 5 rings (SSSR count). The van der Waals surface area contributed by atoms with Gasteiger partial charge in [-0.05, 0) is 23.6 Å². The van der Waals surface area contributed by atoms with E-state index >= 15 is 0 Å². The van der Waals surface area contributed by atoms with E-state index in [9.17, 15) is 14.4 Å². The number of benzene rings is 3. The van der Waals surface area contributed by atoms with Crippen molar-refractivity contribution in [3.63, 3.8) is 0 Å². The lowest BCUT2D eigenvalue weighted by atomic mass is 10.0. The molecule has 0 saturated heterocycles. The van der Waals surface area contributed by atoms with E-state index in [4.69, 9.17) is 9.47 Å². The Kier molecular flexibility index (Phi) is 3.54. The summed E-state index contributed by atoms with van der Waals surface area (Å²) in [5.41, 5.74) is 1.10. The molecule has 0 atom stereocenters. The highest BCUT2D eigenvalue weighted by Crippen LogP contribution is 2.30. The standard InChI is InChI=1S/C22H14N2O5/c1-28-21(26)14-9-16-17(10-15(14)22(27)29-2)24-19(23-16)12-7-3-5-11-6-4-8-13(18(11)12)20(24)25/h3-10H,1-2H3. The summed E-state index contributed by atoms with van der Waals surface area (Å²) in [6.07, 6.45) is 0. The van der Waals surface area contributed by atoms with Gasteiger partial charge in [-0.15, -0.1) is 0 Å². The summed E-state index contributed by atoms with van der Waals surface area (Å²) in [6, 6.07) is 14.2. The van der Waals surface area contributed by atoms with E-state index in [-0.39, 0.29) is 16.7 Å². The highest BCUT2D eigenvalue weighted by molar-refractivity contribution is 6.16. The summed E-state index contributed by atoms with van der Waals surface area (Å²) in [4.78, 5) is 42.4. The lowest BCUT2D eigenvalue weighted by Gasteiger charge is -2.08. The number of hydrogen-bond acceptors (Lipinski definition) is 6. The Morgan fingerprint density at radius 2 is 1.52 bits per heavy atom. The van der Waals surface area contributed by atoms with Crippen LogP contribution in [0.5, 0.6) is 0 Å². The van der Waals surface area contributed by atoms with Gasteiger partial charge >= 0.3 is 11.9 Å². The smallest absolute Gasteiger partial charge is 0.338 e. The predicted molar refractivity (Wildman–Crippen MR) is 108 cm³/mol. The number of rotatable bonds is 2. The first kappa shape index (κ1) is 17.1. The second-order valence-electron chi connectivity index (χ2n) is 6.65. The van der Waals surface area contributed by atoms with Crippen molar-refractivity contribution in [3.05, 3.63) is 70.0 Å². The molecule has 0 N–H and O–H groups in total. The van der Waals surface area contributed by atoms with Crippen molar-refractivity contribution in [2.45, 2.75) is 0 Å². The maximum atomic E-state index is 13.3. The molecule has 7 nitrogen and oxygen atoms in total. The Labute approximate surface area is 163 Å². The van der Waals surface area contributed by atoms with E-state index in [0.29, 0.717) is 22.1 Å². The molecule has 0 bridgehead atoms. The van der Waals surface area contributed by atoms with E-state index in [0.717, 1.165) is 16.2 Å². The van der Waals surface area contributed by atoms with Crippen LogP contribution in [-0.2, 0) is 9.47 Å². The van der Waals surface area contributed by atoms with Crippen LogP contribution in [0.3, 0.4) is 0 Å². The van der Waals surface area contributed by atoms with Gasteiger partial charge in [-0.2, -0.15) is 0 Å². The van der Waals surface area contributed by atoms with E-state index < -0.39 is 11.9 Å². The van der Waals surface area contributed by atoms with Crippen LogP contribution >= 0.6 is 0 Å². The Hall–Kier alpha value is -4.00. The number of aromatic nitrogens is 2. The Morgan fingerprint density at radius 1 is 0.897 bits per heavy atom. The van der Waals surface area contributed by atoms with Crippen LogP contribution in [0.4, 0.5) is 0 Å². The highest BCUT2D eigenvalue weighted by atomic mass is 16.5. The van der Waals surface area contributed by atoms with Gasteiger partial charge in [-0.3, -0.25) is 9.20 Å². The van der Waals surface area contributed by atoms with Gasteiger partial charge in [0.15, 0.2) is 0 Å². The van der Waals surface area contributed by atoms with E-state index in [1.165, 1.54) is 30.8 Å². The van der Waals surface area contributed by atoms with Crippen LogP contribution in [0.25, 0.3) is 38.2 Å². The minimum atomic E-state index is -0.700. The maximum absolute atomic E-state index is 13.3. The molecular formula is C22H14N2O5. The monoisotopic (exact) mass is 386 g/mol. The molecule has 29 heavy (non-hydrogen) atoms. The van der Waals surface area contributed by atoms with Crippen LogP contribution in [0.2, 0.25) is 0 Å². The van der Waals surface area contributed by atoms with E-state index in [1.807, 2.05) is 30.3 Å². The van der Waals surface area contributed by atoms with Crippen LogP contribution in [0, 0.1) is 0 Å². The first-order valence-corrected chi connectivity index (χ1v) is 8.85. The van der Waals surface area contributed by atoms with Gasteiger partial charge in [-0.25, -0.2) is 14.6 Å². The molecule has 142 valence electrons. The van der Waals surface area contributed by atoms with Gasteiger partial charge in [0, 0.05) is 16.2 Å². The summed E-state index contributed by atoms with van der Waals surface area (Å²) in [6.45, 7) is 0. The lowest BCUT2D eigenvalue weighted by molar-refractivity contribution is 0.0555. The van der Waals surface area contributed by atoms with Gasteiger partial charge in [-0.1, -0.05) is 30.3 Å². The van der Waals surface area contributed by atoms with E-state index in [2.05, 4.69) is 4.98 Å². The fourth-order valence-corrected chi connectivity index (χ4v) is 3.89. The molecule has 0 aliphatic rings. The largest absolute Gasteiger partial charge is 0.465 e. The number of fused-ring (bicyclic) bond motifs is 4. The van der Waals surface area contributed by atoms with E-state index in [1.54, 1.807) is 6.07 Å². The van der Waals surface area contributed by atoms with Crippen LogP contribution in [-0.4, -0.2) is 35.5 Å². The second-order valence-corrected chi connectivity index (χ2v) is 6.65. The zero-order valence-electron chi connectivity index (χ0n) is 15.6. The molecule has 0 spiro atoms. The van der Waals surface area contributed by atoms with Crippen molar-refractivity contribution in [1.82, 2.24) is 9.38 Å². The number of esters is 2. The summed E-state index contributed by atoms with van der Waals surface area (Å²) in [5.74, 6) is -1.39. The number of carbonyl (C=O) groups excluding carboxylic acids is 2. The van der Waals surface area contributed by atoms with Crippen LogP contribution < -0.4 is 5.56 Å². The molecule has 5 aromatic rings. The van der Waals surface area contributed by atoms with Crippen molar-refractivity contribution in [3.8, 4) is 0 Å². The van der Waals surface area contributed by atoms with Gasteiger partial charge in [0.2, 0.25) is 0 Å². The molecule has 0 fully saturated rings. The number of nitrogens with zero attached hydrogens (tertiary/aromatic N) is 2. The molecule has 0 radical (unpaired) electrons. The zero-order chi connectivity index (χ0) is 20.3. The summed E-state index contributed by atoms with van der Waals surface area (Å²) in [5, 5.41) is 3.15. The molecule has 7 heteroatoms. The SMILES string of the molecule is COC(=O)c1cc2nc3c4cccc5cccc(c(=O)n3c2cc1C(=O)OC)c54. The predicted octanol–water partition coefficient (Wildman–Crippen LogP) is 3.17. The third-order valence-electron chi connectivity index (χ3n) is 5.18. The van der Waals surface area contributed by atoms with Crippen LogP contribution in [0.1, 0.15) is 20.7 Å². The average molecular weight is 386 g/mol. The Bertz CT molecular complexity index is 1530. The number of hydrogen-bond donors (Lipinski definition) is 0. The van der Waals surface area contributed by atoms with Crippen molar-refractivity contribution < 1.29 is 19.1 Å². The molecule has 3 aromatic carbocycles. The first-order valence-electron chi connectivity index (χ1n) is 8.85. The quantitative estimate of drug-likeness (QED) is 0.433. The molecule has 2 heterocycles. The normalized spacial score (nSPS) is 11.5. The highest BCUT2D eigenvalue weighted by Gasteiger charge is 2.23. The van der Waals surface area contributed by atoms with Gasteiger partial charge in [0.1, 0.15) is 5.65 Å². The minimum Gasteiger partial charge on any atom is -0.465 e. The Balaban J connectivity index is 2.02. The lowest BCUT2D eigenvalue weighted by Crippen LogP contribution is -2.15. The molecule has 0 saturated carbocycles. The van der Waals surface area contributed by atoms with Crippen molar-refractivity contribution in [1.29, 1.82) is 0 Å². The summed E-state index contributed by atoms with van der Waals surface area (Å²) in [7, 11) is 2.45. The molecule has 0 aliphatic heterocycles. The van der Waals surface area contributed by atoms with Crippen molar-refractivity contribution in [2.75, 3.05) is 14.2 Å². The number of carbonyl (C=O) groups is 2. The maximum Gasteiger partial charge on any atom is 0.338 e. The van der Waals surface area contributed by atoms with Crippen molar-refractivity contribution >= 4 is 50.2 Å². The van der Waals surface area contributed by atoms with Crippen LogP contribution in [0.15, 0.2) is 53.3 Å². The fourth-order valence-electron chi connectivity index (χ4n) is 3.89. The number of ether oxygens (including phenoxy) is 2. The third-order valence-corrected chi connectivity index (χ3v) is 5.18. The number of pyridine rings is 1. The van der Waals surface area contributed by atoms with Gasteiger partial charge < -0.3 is 9.47 Å².